The van der Waals surface area contributed by atoms with E-state index in [9.17, 15) is 4.79 Å². The molecular weight excluding hydrogens is 338 g/mol. The number of rotatable bonds is 5. The van der Waals surface area contributed by atoms with Crippen molar-refractivity contribution in [2.45, 2.75) is 6.04 Å². The molecular formula is C19H18ClN3O2. The van der Waals surface area contributed by atoms with E-state index in [-0.39, 0.29) is 5.91 Å². The second kappa shape index (κ2) is 7.40. The first kappa shape index (κ1) is 17.0. The average molecular weight is 356 g/mol. The van der Waals surface area contributed by atoms with Crippen LogP contribution in [0.2, 0.25) is 5.02 Å². The molecule has 0 saturated heterocycles. The summed E-state index contributed by atoms with van der Waals surface area (Å²) < 4.78 is 7.16. The summed E-state index contributed by atoms with van der Waals surface area (Å²) in [5.74, 6) is 0.922. The molecule has 128 valence electrons. The van der Waals surface area contributed by atoms with Crippen molar-refractivity contribution >= 4 is 17.5 Å². The number of aromatic nitrogens is 2. The monoisotopic (exact) mass is 355 g/mol. The van der Waals surface area contributed by atoms with Crippen molar-refractivity contribution in [2.75, 3.05) is 7.11 Å². The molecule has 3 rings (SSSR count). The van der Waals surface area contributed by atoms with Gasteiger partial charge in [-0.1, -0.05) is 41.9 Å². The van der Waals surface area contributed by atoms with Gasteiger partial charge in [0.2, 0.25) is 0 Å². The molecule has 1 atom stereocenters. The highest BCUT2D eigenvalue weighted by atomic mass is 35.5. The Labute approximate surface area is 151 Å². The first-order chi connectivity index (χ1) is 12.1. The zero-order chi connectivity index (χ0) is 17.8. The number of hydrogen-bond donors (Lipinski definition) is 1. The van der Waals surface area contributed by atoms with E-state index in [1.807, 2.05) is 48.1 Å². The van der Waals surface area contributed by atoms with Crippen LogP contribution in [0.25, 0.3) is 0 Å². The van der Waals surface area contributed by atoms with Gasteiger partial charge in [0.1, 0.15) is 17.6 Å². The third-order valence-corrected chi connectivity index (χ3v) is 4.17. The highest BCUT2D eigenvalue weighted by molar-refractivity contribution is 6.31. The van der Waals surface area contributed by atoms with E-state index in [4.69, 9.17) is 16.3 Å². The number of nitrogens with zero attached hydrogens (tertiary/aromatic N) is 2. The lowest BCUT2D eigenvalue weighted by molar-refractivity contribution is 0.0938. The van der Waals surface area contributed by atoms with Crippen LogP contribution in [0.4, 0.5) is 0 Å². The van der Waals surface area contributed by atoms with E-state index < -0.39 is 6.04 Å². The molecule has 0 saturated carbocycles. The predicted molar refractivity (Wildman–Crippen MR) is 97.0 cm³/mol. The van der Waals surface area contributed by atoms with Gasteiger partial charge in [-0.3, -0.25) is 4.79 Å². The first-order valence-electron chi connectivity index (χ1n) is 7.76. The summed E-state index contributed by atoms with van der Waals surface area (Å²) in [5, 5.41) is 3.51. The van der Waals surface area contributed by atoms with E-state index in [1.165, 1.54) is 7.11 Å². The smallest absolute Gasteiger partial charge is 0.255 e. The molecule has 1 unspecified atom stereocenters. The van der Waals surface area contributed by atoms with Gasteiger partial charge in [-0.15, -0.1) is 0 Å². The Kier molecular flexibility index (Phi) is 5.05. The van der Waals surface area contributed by atoms with Crippen LogP contribution in [0.1, 0.15) is 27.8 Å². The summed E-state index contributed by atoms with van der Waals surface area (Å²) in [6, 6.07) is 14.3. The molecule has 0 aliphatic carbocycles. The van der Waals surface area contributed by atoms with Crippen molar-refractivity contribution < 1.29 is 9.53 Å². The standard InChI is InChI=1S/C19H18ClN3O2/c1-23-11-10-21-18(23)17(13-6-4-3-5-7-13)22-19(24)15-12-14(20)8-9-16(15)25-2/h3-12,17H,1-2H3,(H,22,24). The lowest BCUT2D eigenvalue weighted by Crippen LogP contribution is -2.31. The number of ether oxygens (including phenoxy) is 1. The molecule has 0 aliphatic heterocycles. The number of carbonyl (C=O) groups is 1. The Morgan fingerprint density at radius 3 is 2.64 bits per heavy atom. The van der Waals surface area contributed by atoms with Gasteiger partial charge in [0.05, 0.1) is 12.7 Å². The normalized spacial score (nSPS) is 11.8. The molecule has 25 heavy (non-hydrogen) atoms. The minimum atomic E-state index is -0.391. The number of nitrogens with one attached hydrogen (secondary N) is 1. The zero-order valence-electron chi connectivity index (χ0n) is 13.9. The minimum absolute atomic E-state index is 0.281. The Morgan fingerprint density at radius 1 is 1.24 bits per heavy atom. The van der Waals surface area contributed by atoms with E-state index in [2.05, 4.69) is 10.3 Å². The van der Waals surface area contributed by atoms with Crippen LogP contribution < -0.4 is 10.1 Å². The van der Waals surface area contributed by atoms with Gasteiger partial charge in [0.15, 0.2) is 0 Å². The number of carbonyl (C=O) groups excluding carboxylic acids is 1. The van der Waals surface area contributed by atoms with Gasteiger partial charge in [-0.05, 0) is 23.8 Å². The van der Waals surface area contributed by atoms with Gasteiger partial charge in [-0.2, -0.15) is 0 Å². The quantitative estimate of drug-likeness (QED) is 0.760. The molecule has 0 bridgehead atoms. The molecule has 0 fully saturated rings. The van der Waals surface area contributed by atoms with Gasteiger partial charge < -0.3 is 14.6 Å². The summed E-state index contributed by atoms with van der Waals surface area (Å²) in [5.41, 5.74) is 1.32. The third-order valence-electron chi connectivity index (χ3n) is 3.93. The maximum Gasteiger partial charge on any atom is 0.255 e. The lowest BCUT2D eigenvalue weighted by Gasteiger charge is -2.20. The van der Waals surface area contributed by atoms with Crippen LogP contribution in [0.15, 0.2) is 60.9 Å². The number of aryl methyl sites for hydroxylation is 1. The molecule has 1 aromatic heterocycles. The summed E-state index contributed by atoms with van der Waals surface area (Å²) in [4.78, 5) is 17.3. The highest BCUT2D eigenvalue weighted by Gasteiger charge is 2.23. The number of halogens is 1. The fourth-order valence-electron chi connectivity index (χ4n) is 2.66. The van der Waals surface area contributed by atoms with Crippen molar-refractivity contribution in [3.8, 4) is 5.75 Å². The maximum atomic E-state index is 12.9. The Balaban J connectivity index is 1.98. The summed E-state index contributed by atoms with van der Waals surface area (Å²) >= 11 is 6.04. The largest absolute Gasteiger partial charge is 0.496 e. The molecule has 0 aliphatic rings. The van der Waals surface area contributed by atoms with E-state index >= 15 is 0 Å². The Morgan fingerprint density at radius 2 is 2.00 bits per heavy atom. The molecule has 3 aromatic rings. The van der Waals surface area contributed by atoms with Crippen LogP contribution in [-0.2, 0) is 7.05 Å². The van der Waals surface area contributed by atoms with Gasteiger partial charge in [0, 0.05) is 24.5 Å². The Hall–Kier alpha value is -2.79. The van der Waals surface area contributed by atoms with Crippen molar-refractivity contribution in [1.29, 1.82) is 0 Å². The fourth-order valence-corrected chi connectivity index (χ4v) is 2.84. The second-order valence-corrected chi connectivity index (χ2v) is 5.99. The van der Waals surface area contributed by atoms with Crippen LogP contribution in [-0.4, -0.2) is 22.6 Å². The fraction of sp³-hybridized carbons (Fsp3) is 0.158. The number of methoxy groups -OCH3 is 1. The molecule has 1 heterocycles. The zero-order valence-corrected chi connectivity index (χ0v) is 14.7. The number of amides is 1. The molecule has 0 radical (unpaired) electrons. The van der Waals surface area contributed by atoms with E-state index in [1.54, 1.807) is 24.4 Å². The van der Waals surface area contributed by atoms with Gasteiger partial charge in [0.25, 0.3) is 5.91 Å². The minimum Gasteiger partial charge on any atom is -0.496 e. The number of hydrogen-bond acceptors (Lipinski definition) is 3. The topological polar surface area (TPSA) is 56.1 Å². The van der Waals surface area contributed by atoms with Crippen molar-refractivity contribution in [3.63, 3.8) is 0 Å². The van der Waals surface area contributed by atoms with Crippen molar-refractivity contribution in [1.82, 2.24) is 14.9 Å². The van der Waals surface area contributed by atoms with Crippen molar-refractivity contribution in [3.05, 3.63) is 82.9 Å². The Bertz CT molecular complexity index is 877. The van der Waals surface area contributed by atoms with Crippen LogP contribution >= 0.6 is 11.6 Å². The number of imidazole rings is 1. The predicted octanol–water partition coefficient (Wildman–Crippen LogP) is 3.60. The lowest BCUT2D eigenvalue weighted by atomic mass is 10.1. The van der Waals surface area contributed by atoms with Crippen LogP contribution in [0.5, 0.6) is 5.75 Å². The highest BCUT2D eigenvalue weighted by Crippen LogP contribution is 2.25. The summed E-state index contributed by atoms with van der Waals surface area (Å²) in [6.07, 6.45) is 3.55. The van der Waals surface area contributed by atoms with Crippen LogP contribution in [0, 0.1) is 0 Å². The molecule has 1 amide bonds. The SMILES string of the molecule is COc1ccc(Cl)cc1C(=O)NC(c1ccccc1)c1nccn1C. The molecule has 0 spiro atoms. The number of benzene rings is 2. The maximum absolute atomic E-state index is 12.9. The van der Waals surface area contributed by atoms with E-state index in [0.29, 0.717) is 16.3 Å². The van der Waals surface area contributed by atoms with Gasteiger partial charge >= 0.3 is 0 Å². The van der Waals surface area contributed by atoms with E-state index in [0.717, 1.165) is 11.4 Å². The first-order valence-corrected chi connectivity index (χ1v) is 8.14. The molecule has 5 nitrogen and oxygen atoms in total. The molecule has 6 heteroatoms. The third kappa shape index (κ3) is 3.67. The summed E-state index contributed by atoms with van der Waals surface area (Å²) in [7, 11) is 3.41. The van der Waals surface area contributed by atoms with Gasteiger partial charge in [-0.25, -0.2) is 4.98 Å². The van der Waals surface area contributed by atoms with Crippen LogP contribution in [0.3, 0.4) is 0 Å². The summed E-state index contributed by atoms with van der Waals surface area (Å²) in [6.45, 7) is 0. The molecule has 2 aromatic carbocycles. The molecule has 1 N–H and O–H groups in total. The second-order valence-electron chi connectivity index (χ2n) is 5.56. The van der Waals surface area contributed by atoms with Crippen molar-refractivity contribution in [2.24, 2.45) is 7.05 Å². The average Bonchev–Trinajstić information content (AvgIpc) is 3.06.